The summed E-state index contributed by atoms with van der Waals surface area (Å²) in [7, 11) is 0. The molecule has 3 rings (SSSR count). The molecule has 1 atom stereocenters. The second-order valence-corrected chi connectivity index (χ2v) is 8.76. The molecule has 2 aromatic rings. The lowest BCUT2D eigenvalue weighted by molar-refractivity contribution is -0.139. The molecule has 1 unspecified atom stereocenters. The number of carbonyl (C=O) groups is 1. The van der Waals surface area contributed by atoms with Crippen LogP contribution in [0, 0.1) is 5.92 Å². The number of hydrogen-bond acceptors (Lipinski definition) is 5. The molecule has 1 aliphatic carbocycles. The zero-order valence-corrected chi connectivity index (χ0v) is 19.2. The quantitative estimate of drug-likeness (QED) is 0.227. The number of aromatic hydroxyl groups is 1. The Hall–Kier alpha value is -2.95. The van der Waals surface area contributed by atoms with Crippen LogP contribution in [-0.2, 0) is 9.53 Å². The van der Waals surface area contributed by atoms with Crippen molar-refractivity contribution in [2.45, 2.75) is 64.8 Å². The number of ether oxygens (including phenoxy) is 1. The average molecular weight is 435 g/mol. The Balaban J connectivity index is 1.54. The van der Waals surface area contributed by atoms with Crippen LogP contribution in [0.1, 0.15) is 58.8 Å². The smallest absolute Gasteiger partial charge is 0.336 e. The lowest BCUT2D eigenvalue weighted by Gasteiger charge is -2.16. The van der Waals surface area contributed by atoms with Crippen molar-refractivity contribution >= 4 is 22.4 Å². The van der Waals surface area contributed by atoms with E-state index >= 15 is 0 Å². The lowest BCUT2D eigenvalue weighted by Crippen LogP contribution is -2.20. The fourth-order valence-corrected chi connectivity index (χ4v) is 3.84. The Labute approximate surface area is 190 Å². The molecule has 5 nitrogen and oxygen atoms in total. The van der Waals surface area contributed by atoms with Crippen LogP contribution in [0.25, 0.3) is 10.8 Å². The Bertz CT molecular complexity index is 992. The van der Waals surface area contributed by atoms with Gasteiger partial charge in [-0.2, -0.15) is 10.2 Å². The maximum absolute atomic E-state index is 12.6. The highest BCUT2D eigenvalue weighted by Crippen LogP contribution is 2.35. The van der Waals surface area contributed by atoms with Gasteiger partial charge < -0.3 is 9.84 Å². The third kappa shape index (κ3) is 6.78. The summed E-state index contributed by atoms with van der Waals surface area (Å²) in [5, 5.41) is 20.8. The van der Waals surface area contributed by atoms with Gasteiger partial charge in [0.2, 0.25) is 0 Å². The standard InChI is InChI=1S/C27H34N2O3/c1-20(2)12-6-4-3-5-11-19-32-27(31)23-15-9-10-16-24(23)28-29-26-22-14-8-7-13-21(22)17-18-25(26)30/h7-10,13-15,17-18,20,24,30H,3-6,11-12,16,19H2,1-2H3. The Morgan fingerprint density at radius 1 is 1.09 bits per heavy atom. The van der Waals surface area contributed by atoms with E-state index in [0.29, 0.717) is 24.3 Å². The first-order valence-electron chi connectivity index (χ1n) is 11.7. The van der Waals surface area contributed by atoms with E-state index in [4.69, 9.17) is 4.74 Å². The minimum absolute atomic E-state index is 0.0697. The van der Waals surface area contributed by atoms with Crippen molar-refractivity contribution in [3.8, 4) is 5.75 Å². The third-order valence-corrected chi connectivity index (χ3v) is 5.70. The van der Waals surface area contributed by atoms with Gasteiger partial charge in [-0.1, -0.05) is 88.4 Å². The normalized spacial score (nSPS) is 16.1. The molecule has 2 aromatic carbocycles. The van der Waals surface area contributed by atoms with E-state index in [1.165, 1.54) is 25.7 Å². The van der Waals surface area contributed by atoms with E-state index in [0.717, 1.165) is 29.5 Å². The van der Waals surface area contributed by atoms with Crippen LogP contribution in [0.5, 0.6) is 5.75 Å². The number of nitrogens with zero attached hydrogens (tertiary/aromatic N) is 2. The summed E-state index contributed by atoms with van der Waals surface area (Å²) in [5.41, 5.74) is 0.927. The van der Waals surface area contributed by atoms with Gasteiger partial charge in [0.1, 0.15) is 17.5 Å². The van der Waals surface area contributed by atoms with Crippen molar-refractivity contribution in [1.82, 2.24) is 0 Å². The third-order valence-electron chi connectivity index (χ3n) is 5.70. The van der Waals surface area contributed by atoms with E-state index in [9.17, 15) is 9.90 Å². The number of carbonyl (C=O) groups excluding carboxylic acids is 1. The van der Waals surface area contributed by atoms with Gasteiger partial charge in [-0.05, 0) is 36.3 Å². The first-order valence-corrected chi connectivity index (χ1v) is 11.7. The van der Waals surface area contributed by atoms with Crippen molar-refractivity contribution in [3.05, 3.63) is 60.2 Å². The average Bonchev–Trinajstić information content (AvgIpc) is 2.80. The molecule has 5 heteroatoms. The van der Waals surface area contributed by atoms with Gasteiger partial charge in [0.25, 0.3) is 0 Å². The molecule has 0 bridgehead atoms. The zero-order chi connectivity index (χ0) is 22.8. The molecule has 0 saturated heterocycles. The van der Waals surface area contributed by atoms with Crippen LogP contribution >= 0.6 is 0 Å². The highest BCUT2D eigenvalue weighted by Gasteiger charge is 2.23. The van der Waals surface area contributed by atoms with E-state index < -0.39 is 6.04 Å². The topological polar surface area (TPSA) is 71.2 Å². The maximum Gasteiger partial charge on any atom is 0.336 e. The number of azo groups is 1. The molecule has 0 fully saturated rings. The molecule has 0 aromatic heterocycles. The number of allylic oxidation sites excluding steroid dienone is 2. The van der Waals surface area contributed by atoms with E-state index in [1.54, 1.807) is 12.1 Å². The molecule has 1 N–H and O–H groups in total. The maximum atomic E-state index is 12.6. The predicted octanol–water partition coefficient (Wildman–Crippen LogP) is 7.42. The molecule has 0 spiro atoms. The SMILES string of the molecule is CC(C)CCCCCCCOC(=O)C1=CC=CCC1N=Nc1c(O)ccc2ccccc12. The fraction of sp³-hybridized carbons (Fsp3) is 0.444. The molecule has 0 radical (unpaired) electrons. The molecule has 0 amide bonds. The molecule has 32 heavy (non-hydrogen) atoms. The van der Waals surface area contributed by atoms with Gasteiger partial charge in [0.15, 0.2) is 0 Å². The number of unbranched alkanes of at least 4 members (excludes halogenated alkanes) is 4. The van der Waals surface area contributed by atoms with Gasteiger partial charge >= 0.3 is 5.97 Å². The highest BCUT2D eigenvalue weighted by molar-refractivity contribution is 5.95. The van der Waals surface area contributed by atoms with Crippen LogP contribution in [0.3, 0.4) is 0 Å². The Morgan fingerprint density at radius 3 is 2.72 bits per heavy atom. The van der Waals surface area contributed by atoms with Crippen LogP contribution in [-0.4, -0.2) is 23.7 Å². The lowest BCUT2D eigenvalue weighted by atomic mass is 10.00. The number of phenols is 1. The van der Waals surface area contributed by atoms with Crippen LogP contribution in [0.2, 0.25) is 0 Å². The van der Waals surface area contributed by atoms with Crippen LogP contribution in [0.4, 0.5) is 5.69 Å². The zero-order valence-electron chi connectivity index (χ0n) is 19.2. The summed E-state index contributed by atoms with van der Waals surface area (Å²) in [6, 6.07) is 10.8. The van der Waals surface area contributed by atoms with Crippen molar-refractivity contribution in [1.29, 1.82) is 0 Å². The first-order chi connectivity index (χ1) is 15.6. The van der Waals surface area contributed by atoms with Crippen LogP contribution in [0.15, 0.2) is 70.4 Å². The monoisotopic (exact) mass is 434 g/mol. The largest absolute Gasteiger partial charge is 0.506 e. The van der Waals surface area contributed by atoms with Gasteiger partial charge in [-0.3, -0.25) is 0 Å². The van der Waals surface area contributed by atoms with Gasteiger partial charge in [-0.15, -0.1) is 0 Å². The molecule has 1 aliphatic rings. The number of esters is 1. The predicted molar refractivity (Wildman–Crippen MR) is 129 cm³/mol. The minimum Gasteiger partial charge on any atom is -0.506 e. The molecule has 0 saturated carbocycles. The molecular formula is C27H34N2O3. The summed E-state index contributed by atoms with van der Waals surface area (Å²) < 4.78 is 5.51. The first kappa shape index (κ1) is 23.7. The summed E-state index contributed by atoms with van der Waals surface area (Å²) in [6.07, 6.45) is 13.1. The Kier molecular flexibility index (Phi) is 9.02. The van der Waals surface area contributed by atoms with Gasteiger partial charge in [-0.25, -0.2) is 4.79 Å². The molecular weight excluding hydrogens is 400 g/mol. The van der Waals surface area contributed by atoms with Crippen molar-refractivity contribution in [2.75, 3.05) is 6.61 Å². The number of rotatable bonds is 11. The van der Waals surface area contributed by atoms with Gasteiger partial charge in [0.05, 0.1) is 12.2 Å². The molecule has 170 valence electrons. The van der Waals surface area contributed by atoms with Crippen molar-refractivity contribution < 1.29 is 14.6 Å². The van der Waals surface area contributed by atoms with Gasteiger partial charge in [0, 0.05) is 5.39 Å². The number of fused-ring (bicyclic) bond motifs is 1. The Morgan fingerprint density at radius 2 is 1.88 bits per heavy atom. The summed E-state index contributed by atoms with van der Waals surface area (Å²) in [4.78, 5) is 12.6. The van der Waals surface area contributed by atoms with Crippen molar-refractivity contribution in [3.63, 3.8) is 0 Å². The molecule has 0 aliphatic heterocycles. The molecule has 0 heterocycles. The van der Waals surface area contributed by atoms with Crippen molar-refractivity contribution in [2.24, 2.45) is 16.1 Å². The number of phenolic OH excluding ortho intramolecular Hbond substituents is 1. The van der Waals surface area contributed by atoms with E-state index in [2.05, 4.69) is 24.1 Å². The minimum atomic E-state index is -0.415. The second-order valence-electron chi connectivity index (χ2n) is 8.76. The van der Waals surface area contributed by atoms with E-state index in [-0.39, 0.29) is 11.7 Å². The number of hydrogen-bond donors (Lipinski definition) is 1. The number of benzene rings is 2. The summed E-state index contributed by atoms with van der Waals surface area (Å²) in [5.74, 6) is 0.504. The summed E-state index contributed by atoms with van der Waals surface area (Å²) in [6.45, 7) is 4.94. The van der Waals surface area contributed by atoms with Crippen LogP contribution < -0.4 is 0 Å². The highest BCUT2D eigenvalue weighted by atomic mass is 16.5. The summed E-state index contributed by atoms with van der Waals surface area (Å²) >= 11 is 0. The second kappa shape index (κ2) is 12.2. The van der Waals surface area contributed by atoms with E-state index in [1.807, 2.05) is 42.5 Å². The fourth-order valence-electron chi connectivity index (χ4n) is 3.84.